The minimum atomic E-state index is 0.953. The molecule has 0 N–H and O–H groups in total. The van der Waals surface area contributed by atoms with Gasteiger partial charge >= 0.3 is 0 Å². The molecule has 0 spiro atoms. The molecule has 1 nitrogen and oxygen atoms in total. The number of rotatable bonds is 6. The number of hydrogen-bond acceptors (Lipinski definition) is 1. The maximum atomic E-state index is 2.94. The molecule has 2 heterocycles. The van der Waals surface area contributed by atoms with Crippen molar-refractivity contribution in [1.82, 2.24) is 4.90 Å². The van der Waals surface area contributed by atoms with Crippen molar-refractivity contribution < 1.29 is 0 Å². The quantitative estimate of drug-likeness (QED) is 0.646. The minimum absolute atomic E-state index is 0.953. The van der Waals surface area contributed by atoms with E-state index in [1.807, 2.05) is 0 Å². The van der Waals surface area contributed by atoms with Gasteiger partial charge in [0, 0.05) is 18.1 Å². The number of hydrogen-bond donors (Lipinski definition) is 0. The molecule has 0 saturated carbocycles. The summed E-state index contributed by atoms with van der Waals surface area (Å²) in [6.45, 7) is 4.65. The predicted molar refractivity (Wildman–Crippen MR) is 70.7 cm³/mol. The first kappa shape index (κ1) is 12.4. The van der Waals surface area contributed by atoms with Gasteiger partial charge in [0.2, 0.25) is 0 Å². The first-order valence-electron chi connectivity index (χ1n) is 7.64. The number of nitrogens with zero attached hydrogens (tertiary/aromatic N) is 1. The highest BCUT2D eigenvalue weighted by Crippen LogP contribution is 2.40. The molecule has 94 valence electrons. The van der Waals surface area contributed by atoms with Gasteiger partial charge in [-0.2, -0.15) is 0 Å². The van der Waals surface area contributed by atoms with Crippen LogP contribution in [0.5, 0.6) is 0 Å². The SMILES string of the molecule is CCCC[C@@H]1CCC2CC[C@H](CCCC)N21. The van der Waals surface area contributed by atoms with E-state index in [1.165, 1.54) is 64.2 Å². The predicted octanol–water partition coefficient (Wildman–Crippen LogP) is 4.36. The standard InChI is InChI=1S/C15H29N/c1-3-5-7-13-9-11-15-12-10-14(16(13)15)8-6-4-2/h13-15H,3-12H2,1-2H3/t13-,14+,15?. The number of unbranched alkanes of at least 4 members (excludes halogenated alkanes) is 2. The summed E-state index contributed by atoms with van der Waals surface area (Å²) < 4.78 is 0. The highest BCUT2D eigenvalue weighted by atomic mass is 15.3. The Morgan fingerprint density at radius 2 is 1.31 bits per heavy atom. The molecular weight excluding hydrogens is 194 g/mol. The van der Waals surface area contributed by atoms with Crippen LogP contribution in [0.2, 0.25) is 0 Å². The topological polar surface area (TPSA) is 3.24 Å². The van der Waals surface area contributed by atoms with Crippen LogP contribution in [0.4, 0.5) is 0 Å². The molecule has 2 aliphatic rings. The van der Waals surface area contributed by atoms with Crippen LogP contribution in [-0.4, -0.2) is 23.0 Å². The van der Waals surface area contributed by atoms with Gasteiger partial charge in [-0.1, -0.05) is 39.5 Å². The van der Waals surface area contributed by atoms with E-state index in [-0.39, 0.29) is 0 Å². The van der Waals surface area contributed by atoms with E-state index in [0.29, 0.717) is 0 Å². The summed E-state index contributed by atoms with van der Waals surface area (Å²) in [5.74, 6) is 0. The van der Waals surface area contributed by atoms with E-state index in [1.54, 1.807) is 0 Å². The van der Waals surface area contributed by atoms with Crippen LogP contribution in [0.3, 0.4) is 0 Å². The highest BCUT2D eigenvalue weighted by molar-refractivity contribution is 4.97. The molecule has 2 fully saturated rings. The summed E-state index contributed by atoms with van der Waals surface area (Å²) in [6, 6.07) is 2.88. The van der Waals surface area contributed by atoms with Gasteiger partial charge in [-0.3, -0.25) is 4.90 Å². The van der Waals surface area contributed by atoms with Crippen molar-refractivity contribution in [2.75, 3.05) is 0 Å². The van der Waals surface area contributed by atoms with Gasteiger partial charge in [0.1, 0.15) is 0 Å². The van der Waals surface area contributed by atoms with E-state index >= 15 is 0 Å². The lowest BCUT2D eigenvalue weighted by Crippen LogP contribution is -2.38. The van der Waals surface area contributed by atoms with E-state index in [2.05, 4.69) is 18.7 Å². The van der Waals surface area contributed by atoms with Crippen LogP contribution in [-0.2, 0) is 0 Å². The average Bonchev–Trinajstić information content (AvgIpc) is 2.86. The maximum Gasteiger partial charge on any atom is 0.0102 e. The van der Waals surface area contributed by atoms with Crippen molar-refractivity contribution in [2.24, 2.45) is 0 Å². The summed E-state index contributed by atoms with van der Waals surface area (Å²) in [6.07, 6.45) is 14.5. The molecule has 2 aliphatic heterocycles. The normalized spacial score (nSPS) is 34.5. The Morgan fingerprint density at radius 1 is 0.812 bits per heavy atom. The molecule has 1 unspecified atom stereocenters. The van der Waals surface area contributed by atoms with Crippen molar-refractivity contribution in [1.29, 1.82) is 0 Å². The van der Waals surface area contributed by atoms with Gasteiger partial charge in [-0.25, -0.2) is 0 Å². The van der Waals surface area contributed by atoms with E-state index in [0.717, 1.165) is 18.1 Å². The summed E-state index contributed by atoms with van der Waals surface area (Å²) in [7, 11) is 0. The van der Waals surface area contributed by atoms with Gasteiger partial charge in [0.25, 0.3) is 0 Å². The Balaban J connectivity index is 1.86. The second kappa shape index (κ2) is 6.05. The Morgan fingerprint density at radius 3 is 1.75 bits per heavy atom. The zero-order valence-corrected chi connectivity index (χ0v) is 11.3. The second-order valence-electron chi connectivity index (χ2n) is 5.85. The molecule has 0 radical (unpaired) electrons. The summed E-state index contributed by atoms with van der Waals surface area (Å²) >= 11 is 0. The first-order valence-corrected chi connectivity index (χ1v) is 7.64. The van der Waals surface area contributed by atoms with Crippen molar-refractivity contribution >= 4 is 0 Å². The third-order valence-electron chi connectivity index (χ3n) is 4.71. The van der Waals surface area contributed by atoms with Crippen molar-refractivity contribution in [3.8, 4) is 0 Å². The van der Waals surface area contributed by atoms with Gasteiger partial charge in [-0.05, 0) is 38.5 Å². The van der Waals surface area contributed by atoms with Crippen LogP contribution >= 0.6 is 0 Å². The summed E-state index contributed by atoms with van der Waals surface area (Å²) in [4.78, 5) is 2.94. The van der Waals surface area contributed by atoms with E-state index < -0.39 is 0 Å². The molecule has 0 aromatic carbocycles. The Bertz CT molecular complexity index is 182. The molecule has 0 aliphatic carbocycles. The second-order valence-corrected chi connectivity index (χ2v) is 5.85. The van der Waals surface area contributed by atoms with Gasteiger partial charge in [0.15, 0.2) is 0 Å². The third kappa shape index (κ3) is 2.61. The van der Waals surface area contributed by atoms with Gasteiger partial charge in [-0.15, -0.1) is 0 Å². The number of fused-ring (bicyclic) bond motifs is 1. The third-order valence-corrected chi connectivity index (χ3v) is 4.71. The Hall–Kier alpha value is -0.0400. The summed E-state index contributed by atoms with van der Waals surface area (Å²) in [5, 5.41) is 0. The lowest BCUT2D eigenvalue weighted by atomic mass is 10.0. The smallest absolute Gasteiger partial charge is 0.0102 e. The minimum Gasteiger partial charge on any atom is -0.294 e. The molecule has 2 saturated heterocycles. The van der Waals surface area contributed by atoms with E-state index in [4.69, 9.17) is 0 Å². The van der Waals surface area contributed by atoms with Crippen molar-refractivity contribution in [3.05, 3.63) is 0 Å². The lowest BCUT2D eigenvalue weighted by Gasteiger charge is -2.31. The fourth-order valence-corrected chi connectivity index (χ4v) is 3.87. The fraction of sp³-hybridized carbons (Fsp3) is 1.00. The molecule has 1 heteroatoms. The van der Waals surface area contributed by atoms with Crippen LogP contribution in [0.25, 0.3) is 0 Å². The molecular formula is C15H29N. The van der Waals surface area contributed by atoms with Gasteiger partial charge in [0.05, 0.1) is 0 Å². The van der Waals surface area contributed by atoms with Gasteiger partial charge < -0.3 is 0 Å². The summed E-state index contributed by atoms with van der Waals surface area (Å²) in [5.41, 5.74) is 0. The molecule has 3 atom stereocenters. The van der Waals surface area contributed by atoms with E-state index in [9.17, 15) is 0 Å². The maximum absolute atomic E-state index is 2.94. The largest absolute Gasteiger partial charge is 0.294 e. The Labute approximate surface area is 102 Å². The lowest BCUT2D eigenvalue weighted by molar-refractivity contribution is 0.162. The molecule has 0 aromatic heterocycles. The molecule has 0 bridgehead atoms. The van der Waals surface area contributed by atoms with Crippen LogP contribution < -0.4 is 0 Å². The van der Waals surface area contributed by atoms with Crippen LogP contribution in [0, 0.1) is 0 Å². The molecule has 0 amide bonds. The highest BCUT2D eigenvalue weighted by Gasteiger charge is 2.41. The monoisotopic (exact) mass is 223 g/mol. The van der Waals surface area contributed by atoms with Crippen molar-refractivity contribution in [2.45, 2.75) is 96.2 Å². The zero-order chi connectivity index (χ0) is 11.4. The fourth-order valence-electron chi connectivity index (χ4n) is 3.87. The Kier molecular flexibility index (Phi) is 4.69. The molecule has 16 heavy (non-hydrogen) atoms. The first-order chi connectivity index (χ1) is 7.86. The molecule has 2 rings (SSSR count). The average molecular weight is 223 g/mol. The molecule has 0 aromatic rings. The zero-order valence-electron chi connectivity index (χ0n) is 11.3. The van der Waals surface area contributed by atoms with Crippen molar-refractivity contribution in [3.63, 3.8) is 0 Å². The van der Waals surface area contributed by atoms with Crippen LogP contribution in [0.15, 0.2) is 0 Å². The van der Waals surface area contributed by atoms with Crippen LogP contribution in [0.1, 0.15) is 78.1 Å².